The molecular weight excluding hydrogens is 384 g/mol. The highest BCUT2D eigenvalue weighted by atomic mass is 16.3. The van der Waals surface area contributed by atoms with Gasteiger partial charge in [-0.15, -0.1) is 0 Å². The van der Waals surface area contributed by atoms with Crippen molar-refractivity contribution in [3.05, 3.63) is 38.4 Å². The van der Waals surface area contributed by atoms with Crippen LogP contribution in [0, 0.1) is 11.3 Å². The summed E-state index contributed by atoms with van der Waals surface area (Å²) in [5, 5.41) is 16.8. The molecule has 8 nitrogen and oxygen atoms in total. The largest absolute Gasteiger partial charge is 0.504 e. The van der Waals surface area contributed by atoms with Crippen LogP contribution < -0.4 is 21.5 Å². The maximum atomic E-state index is 12.4. The minimum atomic E-state index is -0.625. The summed E-state index contributed by atoms with van der Waals surface area (Å²) >= 11 is 0. The number of hydrogen-bond donors (Lipinski definition) is 3. The molecule has 2 aliphatic rings. The summed E-state index contributed by atoms with van der Waals surface area (Å²) in [6.07, 6.45) is 8.24. The summed E-state index contributed by atoms with van der Waals surface area (Å²) in [5.74, 6) is -0.289. The maximum absolute atomic E-state index is 12.4. The second kappa shape index (κ2) is 7.41. The lowest BCUT2D eigenvalue weighted by molar-refractivity contribution is 0.0819. The molecular formula is C22H28N4O4. The van der Waals surface area contributed by atoms with Crippen LogP contribution in [-0.2, 0) is 0 Å². The second-order valence-corrected chi connectivity index (χ2v) is 9.11. The van der Waals surface area contributed by atoms with Crippen LogP contribution in [-0.4, -0.2) is 41.0 Å². The van der Waals surface area contributed by atoms with Crippen LogP contribution in [0.1, 0.15) is 55.9 Å². The van der Waals surface area contributed by atoms with Gasteiger partial charge in [-0.25, -0.2) is 4.98 Å². The lowest BCUT2D eigenvalue weighted by Crippen LogP contribution is -2.44. The molecule has 0 unspecified atom stereocenters. The van der Waals surface area contributed by atoms with Gasteiger partial charge in [-0.2, -0.15) is 0 Å². The van der Waals surface area contributed by atoms with Crippen LogP contribution in [0.25, 0.3) is 0 Å². The molecule has 2 fully saturated rings. The molecule has 0 bridgehead atoms. The Morgan fingerprint density at radius 2 is 1.83 bits per heavy atom. The predicted octanol–water partition coefficient (Wildman–Crippen LogP) is 2.60. The number of nitrogens with zero attached hydrogens (tertiary/aromatic N) is 2. The van der Waals surface area contributed by atoms with Gasteiger partial charge in [0.1, 0.15) is 11.4 Å². The molecule has 1 atom stereocenters. The van der Waals surface area contributed by atoms with Gasteiger partial charge in [-0.1, -0.05) is 19.8 Å². The first-order chi connectivity index (χ1) is 14.2. The molecule has 1 aromatic carbocycles. The monoisotopic (exact) mass is 412 g/mol. The topological polar surface area (TPSA) is 112 Å². The SMILES string of the molecule is CN(C)C(=O)c1nccc(Nc2c(N[C@@H](C3CC3)C3(C)CCCC3)c(=O)c2=O)c1O. The molecule has 0 aliphatic heterocycles. The molecule has 8 heteroatoms. The zero-order valence-electron chi connectivity index (χ0n) is 17.6. The highest BCUT2D eigenvalue weighted by molar-refractivity contribution is 5.97. The van der Waals surface area contributed by atoms with E-state index in [9.17, 15) is 19.5 Å². The fraction of sp³-hybridized carbons (Fsp3) is 0.545. The molecule has 30 heavy (non-hydrogen) atoms. The van der Waals surface area contributed by atoms with E-state index in [1.165, 1.54) is 30.0 Å². The van der Waals surface area contributed by atoms with E-state index in [1.807, 2.05) is 0 Å². The van der Waals surface area contributed by atoms with Gasteiger partial charge in [0.25, 0.3) is 16.8 Å². The van der Waals surface area contributed by atoms with Gasteiger partial charge < -0.3 is 20.6 Å². The van der Waals surface area contributed by atoms with Crippen molar-refractivity contribution in [2.75, 3.05) is 24.7 Å². The molecule has 0 saturated heterocycles. The third-order valence-corrected chi connectivity index (χ3v) is 6.59. The van der Waals surface area contributed by atoms with Gasteiger partial charge in [-0.3, -0.25) is 14.4 Å². The lowest BCUT2D eigenvalue weighted by Gasteiger charge is -2.36. The summed E-state index contributed by atoms with van der Waals surface area (Å²) in [6, 6.07) is 1.62. The van der Waals surface area contributed by atoms with Crippen molar-refractivity contribution in [3.8, 4) is 5.75 Å². The Balaban J connectivity index is 1.61. The van der Waals surface area contributed by atoms with E-state index in [-0.39, 0.29) is 40.0 Å². The van der Waals surface area contributed by atoms with Crippen LogP contribution in [0.3, 0.4) is 0 Å². The van der Waals surface area contributed by atoms with Crippen molar-refractivity contribution in [2.45, 2.75) is 51.5 Å². The third-order valence-electron chi connectivity index (χ3n) is 6.59. The van der Waals surface area contributed by atoms with E-state index in [0.717, 1.165) is 25.7 Å². The molecule has 3 N–H and O–H groups in total. The fourth-order valence-corrected chi connectivity index (χ4v) is 4.65. The summed E-state index contributed by atoms with van der Waals surface area (Å²) in [5.41, 5.74) is -0.586. The van der Waals surface area contributed by atoms with Crippen molar-refractivity contribution in [1.29, 1.82) is 0 Å². The van der Waals surface area contributed by atoms with Gasteiger partial charge in [0.2, 0.25) is 0 Å². The van der Waals surface area contributed by atoms with Crippen LogP contribution >= 0.6 is 0 Å². The maximum Gasteiger partial charge on any atom is 0.275 e. The van der Waals surface area contributed by atoms with Gasteiger partial charge in [0.05, 0.1) is 5.69 Å². The predicted molar refractivity (Wildman–Crippen MR) is 115 cm³/mol. The average Bonchev–Trinajstić information content (AvgIpc) is 3.46. The minimum absolute atomic E-state index is 0.113. The van der Waals surface area contributed by atoms with Crippen LogP contribution in [0.4, 0.5) is 17.1 Å². The first-order valence-electron chi connectivity index (χ1n) is 10.5. The van der Waals surface area contributed by atoms with E-state index >= 15 is 0 Å². The molecule has 0 spiro atoms. The van der Waals surface area contributed by atoms with E-state index in [4.69, 9.17) is 0 Å². The van der Waals surface area contributed by atoms with Crippen molar-refractivity contribution < 1.29 is 9.90 Å². The zero-order valence-corrected chi connectivity index (χ0v) is 17.6. The summed E-state index contributed by atoms with van der Waals surface area (Å²) < 4.78 is 0. The number of carbonyl (C=O) groups is 1. The normalized spacial score (nSPS) is 18.9. The lowest BCUT2D eigenvalue weighted by atomic mass is 9.78. The number of aromatic nitrogens is 1. The summed E-state index contributed by atoms with van der Waals surface area (Å²) in [7, 11) is 3.12. The quantitative estimate of drug-likeness (QED) is 0.599. The van der Waals surface area contributed by atoms with Crippen LogP contribution in [0.2, 0.25) is 0 Å². The Morgan fingerprint density at radius 1 is 1.20 bits per heavy atom. The average molecular weight is 412 g/mol. The molecule has 4 rings (SSSR count). The summed E-state index contributed by atoms with van der Waals surface area (Å²) in [6.45, 7) is 2.27. The number of pyridine rings is 1. The highest BCUT2D eigenvalue weighted by Gasteiger charge is 2.46. The van der Waals surface area contributed by atoms with E-state index in [1.54, 1.807) is 14.1 Å². The molecule has 1 heterocycles. The van der Waals surface area contributed by atoms with E-state index in [2.05, 4.69) is 22.5 Å². The summed E-state index contributed by atoms with van der Waals surface area (Å²) in [4.78, 5) is 42.1. The first kappa shape index (κ1) is 20.4. The third kappa shape index (κ3) is 3.44. The van der Waals surface area contributed by atoms with Crippen molar-refractivity contribution >= 4 is 23.0 Å². The Labute approximate surface area is 175 Å². The van der Waals surface area contributed by atoms with Crippen LogP contribution in [0.5, 0.6) is 5.75 Å². The standard InChI is InChI=1S/C22H28N4O4/c1-22(9-4-5-10-22)20(12-6-7-12)25-15-14(18(28)19(15)29)24-13-8-11-23-16(17(13)27)21(30)26(2)3/h8,11-12,20,25,27H,4-7,9-10H2,1-3H3,(H,23,24)/t20-/m0/s1. The van der Waals surface area contributed by atoms with Gasteiger partial charge in [0, 0.05) is 26.3 Å². The molecule has 1 aromatic heterocycles. The number of carbonyl (C=O) groups excluding carboxylic acids is 1. The molecule has 160 valence electrons. The second-order valence-electron chi connectivity index (χ2n) is 9.11. The van der Waals surface area contributed by atoms with Gasteiger partial charge >= 0.3 is 0 Å². The number of amides is 1. The molecule has 2 saturated carbocycles. The molecule has 1 amide bonds. The van der Waals surface area contributed by atoms with Crippen molar-refractivity contribution in [2.24, 2.45) is 11.3 Å². The number of rotatable bonds is 7. The Bertz CT molecular complexity index is 1040. The number of anilines is 3. The number of hydrogen-bond acceptors (Lipinski definition) is 7. The smallest absolute Gasteiger partial charge is 0.275 e. The van der Waals surface area contributed by atoms with Crippen molar-refractivity contribution in [1.82, 2.24) is 9.88 Å². The number of aromatic hydroxyl groups is 1. The highest BCUT2D eigenvalue weighted by Crippen LogP contribution is 2.50. The van der Waals surface area contributed by atoms with Crippen LogP contribution in [0.15, 0.2) is 21.9 Å². The fourth-order valence-electron chi connectivity index (χ4n) is 4.65. The van der Waals surface area contributed by atoms with Gasteiger partial charge in [0.15, 0.2) is 11.4 Å². The molecule has 2 aliphatic carbocycles. The first-order valence-corrected chi connectivity index (χ1v) is 10.5. The van der Waals surface area contributed by atoms with E-state index < -0.39 is 16.8 Å². The van der Waals surface area contributed by atoms with E-state index in [0.29, 0.717) is 5.92 Å². The zero-order chi connectivity index (χ0) is 21.6. The Kier molecular flexibility index (Phi) is 5.03. The Morgan fingerprint density at radius 3 is 2.43 bits per heavy atom. The van der Waals surface area contributed by atoms with Gasteiger partial charge in [-0.05, 0) is 43.1 Å². The molecule has 0 radical (unpaired) electrons. The van der Waals surface area contributed by atoms with Crippen molar-refractivity contribution in [3.63, 3.8) is 0 Å². The molecule has 2 aromatic rings. The Hall–Kier alpha value is -2.90. The minimum Gasteiger partial charge on any atom is -0.504 e. The number of nitrogens with one attached hydrogen (secondary N) is 2.